The molecule has 2 aromatic rings. The molecule has 0 unspecified atom stereocenters. The minimum Gasteiger partial charge on any atom is -0.223 e. The summed E-state index contributed by atoms with van der Waals surface area (Å²) in [6.07, 6.45) is 0. The van der Waals surface area contributed by atoms with Crippen molar-refractivity contribution < 1.29 is 0 Å². The Morgan fingerprint density at radius 2 is 1.93 bits per heavy atom. The maximum atomic E-state index is 5.81. The molecule has 0 saturated heterocycles. The lowest BCUT2D eigenvalue weighted by molar-refractivity contribution is 1.14. The van der Waals surface area contributed by atoms with Gasteiger partial charge < -0.3 is 0 Å². The molecular weight excluding hydrogens is 263 g/mol. The number of hydrogen-bond donors (Lipinski definition) is 0. The predicted octanol–water partition coefficient (Wildman–Crippen LogP) is 3.66. The van der Waals surface area contributed by atoms with E-state index in [0.29, 0.717) is 5.28 Å². The van der Waals surface area contributed by atoms with Gasteiger partial charge in [0, 0.05) is 9.86 Å². The van der Waals surface area contributed by atoms with Crippen LogP contribution < -0.4 is 0 Å². The van der Waals surface area contributed by atoms with Crippen LogP contribution in [0.15, 0.2) is 16.6 Å². The van der Waals surface area contributed by atoms with Gasteiger partial charge in [0.2, 0.25) is 5.28 Å². The van der Waals surface area contributed by atoms with Crippen molar-refractivity contribution >= 4 is 38.4 Å². The minimum absolute atomic E-state index is 0.293. The molecule has 1 aromatic carbocycles. The van der Waals surface area contributed by atoms with Crippen molar-refractivity contribution in [2.45, 2.75) is 13.8 Å². The van der Waals surface area contributed by atoms with Crippen LogP contribution in [0.5, 0.6) is 0 Å². The van der Waals surface area contributed by atoms with Crippen LogP contribution in [0.2, 0.25) is 5.28 Å². The highest BCUT2D eigenvalue weighted by atomic mass is 79.9. The van der Waals surface area contributed by atoms with Crippen molar-refractivity contribution in [3.05, 3.63) is 33.1 Å². The third-order valence-corrected chi connectivity index (χ3v) is 2.97. The lowest BCUT2D eigenvalue weighted by Crippen LogP contribution is -1.92. The fraction of sp³-hybridized carbons (Fsp3) is 0.200. The van der Waals surface area contributed by atoms with Crippen molar-refractivity contribution in [2.24, 2.45) is 0 Å². The summed E-state index contributed by atoms with van der Waals surface area (Å²) >= 11 is 9.26. The molecule has 0 N–H and O–H groups in total. The van der Waals surface area contributed by atoms with Crippen molar-refractivity contribution in [3.8, 4) is 0 Å². The molecule has 0 amide bonds. The zero-order chi connectivity index (χ0) is 10.3. The van der Waals surface area contributed by atoms with Crippen LogP contribution in [0, 0.1) is 13.8 Å². The quantitative estimate of drug-likeness (QED) is 0.683. The second-order valence-corrected chi connectivity index (χ2v) is 4.36. The molecule has 72 valence electrons. The summed E-state index contributed by atoms with van der Waals surface area (Å²) in [5, 5.41) is 1.37. The summed E-state index contributed by atoms with van der Waals surface area (Å²) in [6.45, 7) is 3.98. The molecule has 0 saturated carbocycles. The highest BCUT2D eigenvalue weighted by Gasteiger charge is 2.08. The average Bonchev–Trinajstić information content (AvgIpc) is 2.10. The summed E-state index contributed by atoms with van der Waals surface area (Å²) in [7, 11) is 0. The van der Waals surface area contributed by atoms with E-state index in [4.69, 9.17) is 11.6 Å². The van der Waals surface area contributed by atoms with Gasteiger partial charge in [0.25, 0.3) is 0 Å². The first-order chi connectivity index (χ1) is 6.59. The van der Waals surface area contributed by atoms with E-state index in [1.807, 2.05) is 26.0 Å². The van der Waals surface area contributed by atoms with Crippen molar-refractivity contribution in [1.82, 2.24) is 9.97 Å². The number of nitrogens with zero attached hydrogens (tertiary/aromatic N) is 2. The van der Waals surface area contributed by atoms with E-state index in [0.717, 1.165) is 26.6 Å². The van der Waals surface area contributed by atoms with Gasteiger partial charge in [-0.2, -0.15) is 0 Å². The first-order valence-electron chi connectivity index (χ1n) is 4.18. The van der Waals surface area contributed by atoms with Crippen LogP contribution >= 0.6 is 27.5 Å². The van der Waals surface area contributed by atoms with Crippen LogP contribution in [-0.2, 0) is 0 Å². The number of aromatic nitrogens is 2. The maximum Gasteiger partial charge on any atom is 0.223 e. The highest BCUT2D eigenvalue weighted by molar-refractivity contribution is 9.10. The van der Waals surface area contributed by atoms with E-state index < -0.39 is 0 Å². The molecule has 0 bridgehead atoms. The first-order valence-corrected chi connectivity index (χ1v) is 5.35. The van der Waals surface area contributed by atoms with Crippen LogP contribution in [0.4, 0.5) is 0 Å². The second-order valence-electron chi connectivity index (χ2n) is 3.17. The zero-order valence-corrected chi connectivity index (χ0v) is 10.1. The number of aryl methyl sites for hydroxylation is 2. The standard InChI is InChI=1S/C10H8BrClN2/c1-5-3-4-7(11)9-8(5)6(2)13-10(12)14-9/h3-4H,1-2H3. The Balaban J connectivity index is 3.00. The Morgan fingerprint density at radius 1 is 1.21 bits per heavy atom. The number of halogens is 2. The van der Waals surface area contributed by atoms with Crippen molar-refractivity contribution in [3.63, 3.8) is 0 Å². The molecule has 2 nitrogen and oxygen atoms in total. The molecule has 14 heavy (non-hydrogen) atoms. The van der Waals surface area contributed by atoms with E-state index in [9.17, 15) is 0 Å². The predicted molar refractivity (Wildman–Crippen MR) is 61.7 cm³/mol. The largest absolute Gasteiger partial charge is 0.223 e. The second kappa shape index (κ2) is 3.48. The number of rotatable bonds is 0. The fourth-order valence-electron chi connectivity index (χ4n) is 1.54. The van der Waals surface area contributed by atoms with Gasteiger partial charge in [-0.1, -0.05) is 6.07 Å². The Hall–Kier alpha value is -0.670. The molecule has 1 aromatic heterocycles. The van der Waals surface area contributed by atoms with Gasteiger partial charge in [-0.25, -0.2) is 9.97 Å². The van der Waals surface area contributed by atoms with Crippen molar-refractivity contribution in [2.75, 3.05) is 0 Å². The Bertz CT molecular complexity index is 511. The lowest BCUT2D eigenvalue weighted by Gasteiger charge is -2.06. The lowest BCUT2D eigenvalue weighted by atomic mass is 10.1. The van der Waals surface area contributed by atoms with Gasteiger partial charge in [0.05, 0.1) is 11.2 Å². The molecule has 0 fully saturated rings. The molecule has 0 spiro atoms. The molecule has 0 atom stereocenters. The van der Waals surface area contributed by atoms with Gasteiger partial charge in [0.1, 0.15) is 0 Å². The van der Waals surface area contributed by atoms with Gasteiger partial charge in [-0.15, -0.1) is 0 Å². The Morgan fingerprint density at radius 3 is 2.64 bits per heavy atom. The average molecular weight is 272 g/mol. The minimum atomic E-state index is 0.293. The molecule has 0 aliphatic heterocycles. The van der Waals surface area contributed by atoms with Crippen LogP contribution in [0.1, 0.15) is 11.3 Å². The topological polar surface area (TPSA) is 25.8 Å². The molecule has 0 aliphatic rings. The highest BCUT2D eigenvalue weighted by Crippen LogP contribution is 2.27. The molecule has 0 aliphatic carbocycles. The maximum absolute atomic E-state index is 5.81. The SMILES string of the molecule is Cc1ccc(Br)c2nc(Cl)nc(C)c12. The third-order valence-electron chi connectivity index (χ3n) is 2.16. The van der Waals surface area contributed by atoms with Crippen LogP contribution in [-0.4, -0.2) is 9.97 Å². The summed E-state index contributed by atoms with van der Waals surface area (Å²) in [5.74, 6) is 0. The van der Waals surface area contributed by atoms with Crippen LogP contribution in [0.25, 0.3) is 10.9 Å². The van der Waals surface area contributed by atoms with Gasteiger partial charge in [-0.05, 0) is 53.0 Å². The summed E-state index contributed by atoms with van der Waals surface area (Å²) < 4.78 is 0.950. The Kier molecular flexibility index (Phi) is 2.45. The number of fused-ring (bicyclic) bond motifs is 1. The van der Waals surface area contributed by atoms with Crippen LogP contribution in [0.3, 0.4) is 0 Å². The fourth-order valence-corrected chi connectivity index (χ4v) is 2.17. The molecular formula is C10H8BrClN2. The van der Waals surface area contributed by atoms with E-state index in [-0.39, 0.29) is 0 Å². The van der Waals surface area contributed by atoms with Crippen molar-refractivity contribution in [1.29, 1.82) is 0 Å². The summed E-state index contributed by atoms with van der Waals surface area (Å²) in [6, 6.07) is 4.01. The number of benzene rings is 1. The summed E-state index contributed by atoms with van der Waals surface area (Å²) in [4.78, 5) is 8.34. The van der Waals surface area contributed by atoms with Gasteiger partial charge >= 0.3 is 0 Å². The first kappa shape index (κ1) is 9.87. The monoisotopic (exact) mass is 270 g/mol. The summed E-state index contributed by atoms with van der Waals surface area (Å²) in [5.41, 5.74) is 2.96. The van der Waals surface area contributed by atoms with E-state index in [1.54, 1.807) is 0 Å². The molecule has 1 heterocycles. The smallest absolute Gasteiger partial charge is 0.223 e. The third kappa shape index (κ3) is 1.51. The number of hydrogen-bond acceptors (Lipinski definition) is 2. The normalized spacial score (nSPS) is 10.9. The van der Waals surface area contributed by atoms with E-state index in [2.05, 4.69) is 25.9 Å². The van der Waals surface area contributed by atoms with E-state index >= 15 is 0 Å². The van der Waals surface area contributed by atoms with Gasteiger partial charge in [-0.3, -0.25) is 0 Å². The molecule has 0 radical (unpaired) electrons. The van der Waals surface area contributed by atoms with Gasteiger partial charge in [0.15, 0.2) is 0 Å². The molecule has 2 rings (SSSR count). The van der Waals surface area contributed by atoms with E-state index in [1.165, 1.54) is 0 Å². The zero-order valence-electron chi connectivity index (χ0n) is 7.81. The Labute approximate surface area is 95.5 Å². The molecule has 4 heteroatoms.